The highest BCUT2D eigenvalue weighted by Crippen LogP contribution is 2.28. The van der Waals surface area contributed by atoms with Crippen LogP contribution in [0.1, 0.15) is 22.8 Å². The van der Waals surface area contributed by atoms with Gasteiger partial charge in [0.1, 0.15) is 0 Å². The number of benzene rings is 2. The number of amides is 1. The number of nitrogens with one attached hydrogen (secondary N) is 1. The number of allylic oxidation sites excluding steroid dienone is 1. The van der Waals surface area contributed by atoms with Crippen molar-refractivity contribution in [3.63, 3.8) is 0 Å². The minimum Gasteiger partial charge on any atom is -0.493 e. The summed E-state index contributed by atoms with van der Waals surface area (Å²) in [5.74, 6) is 0.532. The van der Waals surface area contributed by atoms with Crippen molar-refractivity contribution in [1.29, 1.82) is 0 Å². The second-order valence-corrected chi connectivity index (χ2v) is 5.74. The normalized spacial score (nSPS) is 10.6. The van der Waals surface area contributed by atoms with Crippen LogP contribution in [-0.2, 0) is 4.79 Å². The van der Waals surface area contributed by atoms with Gasteiger partial charge in [0.15, 0.2) is 23.9 Å². The zero-order valence-electron chi connectivity index (χ0n) is 14.6. The van der Waals surface area contributed by atoms with Crippen molar-refractivity contribution >= 4 is 29.4 Å². The highest BCUT2D eigenvalue weighted by Gasteiger charge is 2.09. The third-order valence-corrected chi connectivity index (χ3v) is 3.82. The van der Waals surface area contributed by atoms with Crippen molar-refractivity contribution in [2.45, 2.75) is 6.92 Å². The quantitative estimate of drug-likeness (QED) is 0.565. The summed E-state index contributed by atoms with van der Waals surface area (Å²) >= 11 is 6.03. The largest absolute Gasteiger partial charge is 0.493 e. The molecule has 0 fully saturated rings. The Kier molecular flexibility index (Phi) is 7.24. The van der Waals surface area contributed by atoms with E-state index < -0.39 is 0 Å². The van der Waals surface area contributed by atoms with Gasteiger partial charge in [-0.2, -0.15) is 0 Å². The summed E-state index contributed by atoms with van der Waals surface area (Å²) in [6.07, 6.45) is 3.12. The molecule has 0 bridgehead atoms. The van der Waals surface area contributed by atoms with Gasteiger partial charge in [-0.3, -0.25) is 9.59 Å². The summed E-state index contributed by atoms with van der Waals surface area (Å²) in [6, 6.07) is 12.1. The molecule has 0 saturated carbocycles. The van der Waals surface area contributed by atoms with Gasteiger partial charge in [0.25, 0.3) is 5.91 Å². The van der Waals surface area contributed by atoms with Crippen LogP contribution in [-0.4, -0.2) is 32.0 Å². The van der Waals surface area contributed by atoms with E-state index in [4.69, 9.17) is 21.1 Å². The molecule has 2 rings (SSSR count). The molecular formula is C20H20ClNO4. The SMILES string of the molecule is CCNC(=O)COc1ccc(/C=C/C(=O)c2ccccc2Cl)cc1OC. The molecule has 0 radical (unpaired) electrons. The lowest BCUT2D eigenvalue weighted by Crippen LogP contribution is -2.28. The van der Waals surface area contributed by atoms with E-state index in [1.54, 1.807) is 48.5 Å². The lowest BCUT2D eigenvalue weighted by Gasteiger charge is -2.11. The van der Waals surface area contributed by atoms with Crippen molar-refractivity contribution in [2.24, 2.45) is 0 Å². The second-order valence-electron chi connectivity index (χ2n) is 5.33. The van der Waals surface area contributed by atoms with Crippen molar-refractivity contribution in [3.05, 3.63) is 64.7 Å². The lowest BCUT2D eigenvalue weighted by atomic mass is 10.1. The highest BCUT2D eigenvalue weighted by molar-refractivity contribution is 6.34. The van der Waals surface area contributed by atoms with Crippen LogP contribution in [0.2, 0.25) is 5.02 Å². The highest BCUT2D eigenvalue weighted by atomic mass is 35.5. The minimum atomic E-state index is -0.205. The van der Waals surface area contributed by atoms with Gasteiger partial charge in [-0.1, -0.05) is 35.9 Å². The van der Waals surface area contributed by atoms with Crippen molar-refractivity contribution in [3.8, 4) is 11.5 Å². The van der Waals surface area contributed by atoms with Crippen LogP contribution in [0.4, 0.5) is 0 Å². The maximum Gasteiger partial charge on any atom is 0.257 e. The Hall–Kier alpha value is -2.79. The maximum atomic E-state index is 12.2. The molecule has 5 nitrogen and oxygen atoms in total. The van der Waals surface area contributed by atoms with E-state index >= 15 is 0 Å². The standard InChI is InChI=1S/C20H20ClNO4/c1-3-22-20(24)13-26-18-11-9-14(12-19(18)25-2)8-10-17(23)15-6-4-5-7-16(15)21/h4-12H,3,13H2,1-2H3,(H,22,24)/b10-8+. The molecule has 0 spiro atoms. The second kappa shape index (κ2) is 9.63. The number of halogens is 1. The van der Waals surface area contributed by atoms with Gasteiger partial charge >= 0.3 is 0 Å². The van der Waals surface area contributed by atoms with E-state index in [2.05, 4.69) is 5.32 Å². The number of hydrogen-bond acceptors (Lipinski definition) is 4. The van der Waals surface area contributed by atoms with Crippen molar-refractivity contribution < 1.29 is 19.1 Å². The third kappa shape index (κ3) is 5.36. The van der Waals surface area contributed by atoms with Crippen LogP contribution in [0.25, 0.3) is 6.08 Å². The van der Waals surface area contributed by atoms with Gasteiger partial charge in [-0.25, -0.2) is 0 Å². The fourth-order valence-electron chi connectivity index (χ4n) is 2.22. The summed E-state index contributed by atoms with van der Waals surface area (Å²) < 4.78 is 10.8. The molecule has 2 aromatic rings. The molecule has 0 atom stereocenters. The summed E-state index contributed by atoms with van der Waals surface area (Å²) in [4.78, 5) is 23.7. The molecule has 26 heavy (non-hydrogen) atoms. The topological polar surface area (TPSA) is 64.6 Å². The van der Waals surface area contributed by atoms with E-state index in [0.29, 0.717) is 28.6 Å². The average Bonchev–Trinajstić information content (AvgIpc) is 2.65. The Labute approximate surface area is 157 Å². The third-order valence-electron chi connectivity index (χ3n) is 3.49. The number of rotatable bonds is 8. The van der Waals surface area contributed by atoms with Gasteiger partial charge in [-0.15, -0.1) is 0 Å². The summed E-state index contributed by atoms with van der Waals surface area (Å²) in [6.45, 7) is 2.29. The van der Waals surface area contributed by atoms with E-state index in [-0.39, 0.29) is 18.3 Å². The van der Waals surface area contributed by atoms with Gasteiger partial charge < -0.3 is 14.8 Å². The number of carbonyl (C=O) groups is 2. The molecule has 0 saturated heterocycles. The van der Waals surface area contributed by atoms with Crippen LogP contribution >= 0.6 is 11.6 Å². The Balaban J connectivity index is 2.10. The molecule has 1 N–H and O–H groups in total. The first-order chi connectivity index (χ1) is 12.5. The Morgan fingerprint density at radius 2 is 1.92 bits per heavy atom. The zero-order chi connectivity index (χ0) is 18.9. The molecule has 1 amide bonds. The fraction of sp³-hybridized carbons (Fsp3) is 0.200. The van der Waals surface area contributed by atoms with Crippen LogP contribution in [0.5, 0.6) is 11.5 Å². The Bertz CT molecular complexity index is 817. The molecule has 136 valence electrons. The molecule has 0 aliphatic heterocycles. The average molecular weight is 374 g/mol. The smallest absolute Gasteiger partial charge is 0.257 e. The molecule has 0 unspecified atom stereocenters. The molecular weight excluding hydrogens is 354 g/mol. The number of carbonyl (C=O) groups excluding carboxylic acids is 2. The fourth-order valence-corrected chi connectivity index (χ4v) is 2.45. The van der Waals surface area contributed by atoms with E-state index in [1.807, 2.05) is 6.92 Å². The molecule has 0 aromatic heterocycles. The van der Waals surface area contributed by atoms with E-state index in [9.17, 15) is 9.59 Å². The summed E-state index contributed by atoms with van der Waals surface area (Å²) in [5, 5.41) is 3.06. The lowest BCUT2D eigenvalue weighted by molar-refractivity contribution is -0.123. The number of ketones is 1. The number of ether oxygens (including phenoxy) is 2. The molecule has 2 aromatic carbocycles. The van der Waals surface area contributed by atoms with Crippen molar-refractivity contribution in [2.75, 3.05) is 20.3 Å². The molecule has 6 heteroatoms. The Morgan fingerprint density at radius 1 is 1.15 bits per heavy atom. The predicted molar refractivity (Wildman–Crippen MR) is 102 cm³/mol. The molecule has 0 aliphatic carbocycles. The predicted octanol–water partition coefficient (Wildman–Crippen LogP) is 3.76. The van der Waals surface area contributed by atoms with Crippen LogP contribution in [0.15, 0.2) is 48.5 Å². The monoisotopic (exact) mass is 373 g/mol. The Morgan fingerprint density at radius 3 is 2.62 bits per heavy atom. The summed E-state index contributed by atoms with van der Waals surface area (Å²) in [5.41, 5.74) is 1.20. The van der Waals surface area contributed by atoms with Gasteiger partial charge in [0.05, 0.1) is 12.1 Å². The number of methoxy groups -OCH3 is 1. The van der Waals surface area contributed by atoms with Crippen LogP contribution in [0, 0.1) is 0 Å². The minimum absolute atomic E-state index is 0.0929. The van der Waals surface area contributed by atoms with Gasteiger partial charge in [0, 0.05) is 12.1 Å². The van der Waals surface area contributed by atoms with E-state index in [0.717, 1.165) is 5.56 Å². The maximum absolute atomic E-state index is 12.2. The van der Waals surface area contributed by atoms with Gasteiger partial charge in [-0.05, 0) is 42.8 Å². The molecule has 0 aliphatic rings. The first-order valence-electron chi connectivity index (χ1n) is 8.09. The van der Waals surface area contributed by atoms with Crippen molar-refractivity contribution in [1.82, 2.24) is 5.32 Å². The van der Waals surface area contributed by atoms with Gasteiger partial charge in [0.2, 0.25) is 0 Å². The van der Waals surface area contributed by atoms with E-state index in [1.165, 1.54) is 13.2 Å². The molecule has 0 heterocycles. The zero-order valence-corrected chi connectivity index (χ0v) is 15.4. The van der Waals surface area contributed by atoms with Crippen LogP contribution < -0.4 is 14.8 Å². The van der Waals surface area contributed by atoms with Crippen LogP contribution in [0.3, 0.4) is 0 Å². The number of likely N-dealkylation sites (N-methyl/N-ethyl adjacent to an activating group) is 1. The number of hydrogen-bond donors (Lipinski definition) is 1. The first kappa shape index (κ1) is 19.5. The summed E-state index contributed by atoms with van der Waals surface area (Å²) in [7, 11) is 1.51. The first-order valence-corrected chi connectivity index (χ1v) is 8.47.